The van der Waals surface area contributed by atoms with E-state index >= 15 is 0 Å². The molecule has 0 bridgehead atoms. The lowest BCUT2D eigenvalue weighted by Gasteiger charge is -2.31. The Morgan fingerprint density at radius 3 is 2.78 bits per heavy atom. The van der Waals surface area contributed by atoms with E-state index in [0.717, 1.165) is 25.1 Å². The van der Waals surface area contributed by atoms with E-state index in [9.17, 15) is 4.79 Å². The molecule has 6 nitrogen and oxygen atoms in total. The lowest BCUT2D eigenvalue weighted by Crippen LogP contribution is -2.44. The lowest BCUT2D eigenvalue weighted by molar-refractivity contribution is -0.122. The van der Waals surface area contributed by atoms with E-state index in [1.807, 2.05) is 0 Å². The highest BCUT2D eigenvalue weighted by molar-refractivity contribution is 5.85. The van der Waals surface area contributed by atoms with Crippen molar-refractivity contribution in [3.05, 3.63) is 11.7 Å². The van der Waals surface area contributed by atoms with Gasteiger partial charge in [-0.1, -0.05) is 18.0 Å². The van der Waals surface area contributed by atoms with Crippen LogP contribution < -0.4 is 11.1 Å². The first-order valence-electron chi connectivity index (χ1n) is 8.58. The lowest BCUT2D eigenvalue weighted by atomic mass is 9.84. The first kappa shape index (κ1) is 18.2. The molecule has 130 valence electrons. The number of hydrogen-bond acceptors (Lipinski definition) is 5. The number of amides is 1. The molecule has 1 aromatic heterocycles. The third-order valence-corrected chi connectivity index (χ3v) is 4.78. The summed E-state index contributed by atoms with van der Waals surface area (Å²) < 4.78 is 5.22. The van der Waals surface area contributed by atoms with Crippen LogP contribution in [0.15, 0.2) is 4.52 Å². The normalized spacial score (nSPS) is 24.0. The van der Waals surface area contributed by atoms with Gasteiger partial charge in [-0.25, -0.2) is 0 Å². The topological polar surface area (TPSA) is 94.0 Å². The summed E-state index contributed by atoms with van der Waals surface area (Å²) in [4.78, 5) is 16.5. The zero-order valence-corrected chi connectivity index (χ0v) is 14.3. The first-order chi connectivity index (χ1) is 10.8. The second-order valence-corrected chi connectivity index (χ2v) is 6.63. The summed E-state index contributed by atoms with van der Waals surface area (Å²) in [5.74, 6) is 2.57. The highest BCUT2D eigenvalue weighted by Gasteiger charge is 2.28. The van der Waals surface area contributed by atoms with E-state index in [0.29, 0.717) is 37.1 Å². The number of rotatable bonds is 7. The minimum absolute atomic E-state index is 0. The second kappa shape index (κ2) is 8.64. The van der Waals surface area contributed by atoms with Crippen LogP contribution in [0, 0.1) is 5.92 Å². The summed E-state index contributed by atoms with van der Waals surface area (Å²) in [6, 6.07) is 0.260. The van der Waals surface area contributed by atoms with Crippen LogP contribution in [0.3, 0.4) is 0 Å². The summed E-state index contributed by atoms with van der Waals surface area (Å²) in [5, 5.41) is 7.14. The monoisotopic (exact) mass is 342 g/mol. The van der Waals surface area contributed by atoms with Crippen molar-refractivity contribution in [2.75, 3.05) is 6.54 Å². The van der Waals surface area contributed by atoms with Crippen molar-refractivity contribution in [1.29, 1.82) is 0 Å². The number of nitrogens with zero attached hydrogens (tertiary/aromatic N) is 2. The molecule has 0 spiro atoms. The minimum atomic E-state index is 0. The number of hydrogen-bond donors (Lipinski definition) is 2. The number of halogens is 1. The van der Waals surface area contributed by atoms with E-state index in [1.54, 1.807) is 0 Å². The maximum atomic E-state index is 12.1. The summed E-state index contributed by atoms with van der Waals surface area (Å²) in [7, 11) is 0. The standard InChI is InChI=1S/C16H26N4O2.ClH/c17-10-12-4-1-2-5-13(12)18-14(21)6-3-7-15-19-16(20-22-15)11-8-9-11;/h11-13H,1-10,17H2,(H,18,21);1H. The molecule has 2 aliphatic rings. The molecule has 3 rings (SSSR count). The van der Waals surface area contributed by atoms with Crippen molar-refractivity contribution in [1.82, 2.24) is 15.5 Å². The van der Waals surface area contributed by atoms with Crippen molar-refractivity contribution >= 4 is 18.3 Å². The highest BCUT2D eigenvalue weighted by Crippen LogP contribution is 2.38. The van der Waals surface area contributed by atoms with Gasteiger partial charge in [0, 0.05) is 24.8 Å². The van der Waals surface area contributed by atoms with Gasteiger partial charge in [-0.05, 0) is 44.6 Å². The quantitative estimate of drug-likeness (QED) is 0.793. The summed E-state index contributed by atoms with van der Waals surface area (Å²) in [6.07, 6.45) is 8.89. The summed E-state index contributed by atoms with van der Waals surface area (Å²) >= 11 is 0. The molecule has 2 aliphatic carbocycles. The Morgan fingerprint density at radius 1 is 1.26 bits per heavy atom. The average Bonchev–Trinajstić information content (AvgIpc) is 3.27. The fourth-order valence-electron chi connectivity index (χ4n) is 3.24. The number of aromatic nitrogens is 2. The molecule has 0 aliphatic heterocycles. The highest BCUT2D eigenvalue weighted by atomic mass is 35.5. The molecular weight excluding hydrogens is 316 g/mol. The Labute approximate surface area is 143 Å². The van der Waals surface area contributed by atoms with Crippen molar-refractivity contribution in [3.63, 3.8) is 0 Å². The minimum Gasteiger partial charge on any atom is -0.353 e. The zero-order valence-electron chi connectivity index (χ0n) is 13.5. The van der Waals surface area contributed by atoms with Crippen LogP contribution >= 0.6 is 12.4 Å². The number of aryl methyl sites for hydroxylation is 1. The van der Waals surface area contributed by atoms with Gasteiger partial charge in [-0.15, -0.1) is 12.4 Å². The molecule has 2 atom stereocenters. The van der Waals surface area contributed by atoms with Crippen LogP contribution in [0.5, 0.6) is 0 Å². The molecule has 1 aromatic rings. The summed E-state index contributed by atoms with van der Waals surface area (Å²) in [5.41, 5.74) is 5.80. The molecule has 7 heteroatoms. The predicted octanol–water partition coefficient (Wildman–Crippen LogP) is 2.33. The van der Waals surface area contributed by atoms with Gasteiger partial charge in [0.2, 0.25) is 11.8 Å². The molecule has 0 saturated heterocycles. The van der Waals surface area contributed by atoms with E-state index in [1.165, 1.54) is 25.7 Å². The number of nitrogens with two attached hydrogens (primary N) is 1. The number of carbonyl (C=O) groups excluding carboxylic acids is 1. The van der Waals surface area contributed by atoms with Crippen molar-refractivity contribution in [2.45, 2.75) is 69.7 Å². The molecule has 2 unspecified atom stereocenters. The van der Waals surface area contributed by atoms with Gasteiger partial charge < -0.3 is 15.6 Å². The molecule has 23 heavy (non-hydrogen) atoms. The van der Waals surface area contributed by atoms with E-state index in [4.69, 9.17) is 10.3 Å². The Morgan fingerprint density at radius 2 is 2.04 bits per heavy atom. The summed E-state index contributed by atoms with van der Waals surface area (Å²) in [6.45, 7) is 0.664. The zero-order chi connectivity index (χ0) is 15.4. The SMILES string of the molecule is Cl.NCC1CCCCC1NC(=O)CCCc1nc(C2CC2)no1. The van der Waals surface area contributed by atoms with E-state index < -0.39 is 0 Å². The van der Waals surface area contributed by atoms with Gasteiger partial charge >= 0.3 is 0 Å². The third-order valence-electron chi connectivity index (χ3n) is 4.78. The Kier molecular flexibility index (Phi) is 6.84. The number of nitrogens with one attached hydrogen (secondary N) is 1. The van der Waals surface area contributed by atoms with Crippen molar-refractivity contribution in [3.8, 4) is 0 Å². The second-order valence-electron chi connectivity index (χ2n) is 6.63. The fourth-order valence-corrected chi connectivity index (χ4v) is 3.24. The van der Waals surface area contributed by atoms with Crippen LogP contribution in [0.25, 0.3) is 0 Å². The van der Waals surface area contributed by atoms with E-state index in [2.05, 4.69) is 15.5 Å². The fraction of sp³-hybridized carbons (Fsp3) is 0.812. The molecule has 0 radical (unpaired) electrons. The van der Waals surface area contributed by atoms with Gasteiger partial charge in [-0.3, -0.25) is 4.79 Å². The Bertz CT molecular complexity index is 504. The average molecular weight is 343 g/mol. The predicted molar refractivity (Wildman–Crippen MR) is 89.4 cm³/mol. The smallest absolute Gasteiger partial charge is 0.226 e. The largest absolute Gasteiger partial charge is 0.353 e. The van der Waals surface area contributed by atoms with Crippen LogP contribution in [0.2, 0.25) is 0 Å². The molecule has 1 amide bonds. The van der Waals surface area contributed by atoms with Crippen LogP contribution in [-0.4, -0.2) is 28.6 Å². The number of carbonyl (C=O) groups is 1. The van der Waals surface area contributed by atoms with Crippen molar-refractivity contribution in [2.24, 2.45) is 11.7 Å². The Hall–Kier alpha value is -1.14. The van der Waals surface area contributed by atoms with E-state index in [-0.39, 0.29) is 24.4 Å². The van der Waals surface area contributed by atoms with Crippen molar-refractivity contribution < 1.29 is 9.32 Å². The van der Waals surface area contributed by atoms with Gasteiger partial charge in [0.25, 0.3) is 0 Å². The molecule has 2 fully saturated rings. The van der Waals surface area contributed by atoms with Gasteiger partial charge in [0.05, 0.1) is 0 Å². The molecule has 3 N–H and O–H groups in total. The molecule has 0 aromatic carbocycles. The molecule has 1 heterocycles. The van der Waals surface area contributed by atoms with Crippen LogP contribution in [0.1, 0.15) is 69.0 Å². The molecule has 2 saturated carbocycles. The maximum Gasteiger partial charge on any atom is 0.226 e. The van der Waals surface area contributed by atoms with Gasteiger partial charge in [-0.2, -0.15) is 4.98 Å². The first-order valence-corrected chi connectivity index (χ1v) is 8.58. The Balaban J connectivity index is 0.00000192. The maximum absolute atomic E-state index is 12.1. The van der Waals surface area contributed by atoms with Gasteiger partial charge in [0.1, 0.15) is 0 Å². The third kappa shape index (κ3) is 5.18. The van der Waals surface area contributed by atoms with Crippen LogP contribution in [-0.2, 0) is 11.2 Å². The van der Waals surface area contributed by atoms with Gasteiger partial charge in [0.15, 0.2) is 5.82 Å². The van der Waals surface area contributed by atoms with Crippen LogP contribution in [0.4, 0.5) is 0 Å². The molecular formula is C16H27ClN4O2.